The second-order valence-corrected chi connectivity index (χ2v) is 7.84. The topological polar surface area (TPSA) is 50.2 Å². The number of alkyl halides is 3. The van der Waals surface area contributed by atoms with E-state index in [1.54, 1.807) is 6.07 Å². The molecule has 144 valence electrons. The summed E-state index contributed by atoms with van der Waals surface area (Å²) in [5, 5.41) is 7.53. The Balaban J connectivity index is 1.56. The summed E-state index contributed by atoms with van der Waals surface area (Å²) >= 11 is 0. The highest BCUT2D eigenvalue weighted by atomic mass is 19.4. The van der Waals surface area contributed by atoms with Crippen molar-refractivity contribution in [1.82, 2.24) is 14.7 Å². The van der Waals surface area contributed by atoms with Gasteiger partial charge in [-0.05, 0) is 38.5 Å². The van der Waals surface area contributed by atoms with E-state index in [4.69, 9.17) is 0 Å². The summed E-state index contributed by atoms with van der Waals surface area (Å²) in [4.78, 5) is 14.2. The van der Waals surface area contributed by atoms with E-state index in [0.29, 0.717) is 24.5 Å². The molecule has 1 saturated carbocycles. The molecule has 1 saturated heterocycles. The zero-order valence-corrected chi connectivity index (χ0v) is 14.9. The van der Waals surface area contributed by atoms with Crippen molar-refractivity contribution in [3.05, 3.63) is 11.8 Å². The van der Waals surface area contributed by atoms with Crippen LogP contribution in [-0.4, -0.2) is 45.9 Å². The molecule has 3 aliphatic rings. The molecule has 26 heavy (non-hydrogen) atoms. The Morgan fingerprint density at radius 1 is 1.35 bits per heavy atom. The summed E-state index contributed by atoms with van der Waals surface area (Å²) in [5.74, 6) is 0.841. The summed E-state index contributed by atoms with van der Waals surface area (Å²) in [6.45, 7) is 3.21. The first-order valence-corrected chi connectivity index (χ1v) is 9.58. The molecule has 4 rings (SSSR count). The van der Waals surface area contributed by atoms with Gasteiger partial charge < -0.3 is 10.2 Å². The lowest BCUT2D eigenvalue weighted by atomic mass is 9.94. The van der Waals surface area contributed by atoms with Gasteiger partial charge in [0.25, 0.3) is 0 Å². The van der Waals surface area contributed by atoms with Crippen LogP contribution in [-0.2, 0) is 4.79 Å². The van der Waals surface area contributed by atoms with Gasteiger partial charge in [0.1, 0.15) is 5.82 Å². The third-order valence-corrected chi connectivity index (χ3v) is 5.86. The van der Waals surface area contributed by atoms with Crippen LogP contribution in [0.3, 0.4) is 0 Å². The zero-order chi connectivity index (χ0) is 18.5. The van der Waals surface area contributed by atoms with E-state index in [-0.39, 0.29) is 30.2 Å². The number of amides is 1. The largest absolute Gasteiger partial charge is 0.410 e. The van der Waals surface area contributed by atoms with Crippen LogP contribution in [0.1, 0.15) is 63.1 Å². The van der Waals surface area contributed by atoms with E-state index >= 15 is 0 Å². The van der Waals surface area contributed by atoms with Crippen LogP contribution in [0, 0.1) is 5.92 Å². The first-order chi connectivity index (χ1) is 12.4. The number of nitrogens with one attached hydrogen (secondary N) is 1. The molecular formula is C18H25F3N4O. The van der Waals surface area contributed by atoms with Crippen LogP contribution in [0.15, 0.2) is 6.07 Å². The number of rotatable bonds is 3. The number of halogens is 3. The summed E-state index contributed by atoms with van der Waals surface area (Å²) in [5.41, 5.74) is 0.673. The second kappa shape index (κ2) is 6.46. The fourth-order valence-corrected chi connectivity index (χ4v) is 4.14. The Bertz CT molecular complexity index is 682. The van der Waals surface area contributed by atoms with Gasteiger partial charge in [0, 0.05) is 37.0 Å². The van der Waals surface area contributed by atoms with E-state index in [1.165, 1.54) is 0 Å². The quantitative estimate of drug-likeness (QED) is 0.883. The van der Waals surface area contributed by atoms with Crippen molar-refractivity contribution in [2.75, 3.05) is 18.4 Å². The molecule has 1 unspecified atom stereocenters. The lowest BCUT2D eigenvalue weighted by molar-refractivity contribution is -0.173. The van der Waals surface area contributed by atoms with E-state index in [0.717, 1.165) is 36.9 Å². The highest BCUT2D eigenvalue weighted by Gasteiger charge is 2.46. The molecule has 0 aromatic carbocycles. The monoisotopic (exact) mass is 370 g/mol. The number of aromatic nitrogens is 2. The van der Waals surface area contributed by atoms with Gasteiger partial charge in [-0.25, -0.2) is 4.68 Å². The van der Waals surface area contributed by atoms with Crippen LogP contribution in [0.5, 0.6) is 0 Å². The highest BCUT2D eigenvalue weighted by Crippen LogP contribution is 2.41. The molecule has 3 heterocycles. The predicted molar refractivity (Wildman–Crippen MR) is 90.9 cm³/mol. The van der Waals surface area contributed by atoms with E-state index in [9.17, 15) is 18.0 Å². The normalized spacial score (nSPS) is 29.2. The summed E-state index contributed by atoms with van der Waals surface area (Å²) < 4.78 is 41.6. The maximum absolute atomic E-state index is 13.5. The van der Waals surface area contributed by atoms with Crippen molar-refractivity contribution in [3.8, 4) is 0 Å². The minimum atomic E-state index is -4.31. The van der Waals surface area contributed by atoms with E-state index in [1.807, 2.05) is 11.8 Å². The van der Waals surface area contributed by atoms with Crippen LogP contribution < -0.4 is 5.32 Å². The van der Waals surface area contributed by atoms with Gasteiger partial charge in [-0.3, -0.25) is 4.79 Å². The highest BCUT2D eigenvalue weighted by molar-refractivity contribution is 5.81. The third-order valence-electron chi connectivity index (χ3n) is 5.86. The summed E-state index contributed by atoms with van der Waals surface area (Å²) in [7, 11) is 0. The second-order valence-electron chi connectivity index (χ2n) is 7.84. The number of likely N-dealkylation sites (tertiary alicyclic amines) is 1. The first-order valence-electron chi connectivity index (χ1n) is 9.58. The van der Waals surface area contributed by atoms with Crippen molar-refractivity contribution in [2.45, 2.75) is 69.6 Å². The van der Waals surface area contributed by atoms with Gasteiger partial charge in [-0.1, -0.05) is 6.92 Å². The van der Waals surface area contributed by atoms with Crippen LogP contribution in [0.25, 0.3) is 0 Å². The van der Waals surface area contributed by atoms with Gasteiger partial charge in [0.05, 0.1) is 5.69 Å². The molecular weight excluding hydrogens is 345 g/mol. The number of carbonyl (C=O) groups is 1. The van der Waals surface area contributed by atoms with Crippen LogP contribution >= 0.6 is 0 Å². The molecule has 5 nitrogen and oxygen atoms in total. The average molecular weight is 370 g/mol. The predicted octanol–water partition coefficient (Wildman–Crippen LogP) is 3.70. The third kappa shape index (κ3) is 3.30. The van der Waals surface area contributed by atoms with Crippen molar-refractivity contribution < 1.29 is 18.0 Å². The molecule has 1 aromatic heterocycles. The molecule has 3 atom stereocenters. The van der Waals surface area contributed by atoms with Crippen LogP contribution in [0.4, 0.5) is 19.0 Å². The number of hydrogen-bond acceptors (Lipinski definition) is 3. The molecule has 2 aliphatic heterocycles. The fraction of sp³-hybridized carbons (Fsp3) is 0.778. The Kier molecular flexibility index (Phi) is 4.39. The van der Waals surface area contributed by atoms with E-state index < -0.39 is 12.2 Å². The number of carbonyl (C=O) groups excluding carboxylic acids is 1. The standard InChI is InChI=1S/C18H25F3N4O/c1-2-13-8-15(18(19,20)21)25-16(22-13)9-14(23-25)12-4-3-7-24(10-12)17(26)11-5-6-11/h9,11-13,15,22H,2-8,10H2,1H3/t12?,13-,15-/m1/s1. The lowest BCUT2D eigenvalue weighted by Crippen LogP contribution is -2.40. The van der Waals surface area contributed by atoms with Gasteiger partial charge in [-0.15, -0.1) is 0 Å². The Morgan fingerprint density at radius 2 is 2.12 bits per heavy atom. The Labute approximate surface area is 150 Å². The number of nitrogens with zero attached hydrogens (tertiary/aromatic N) is 3. The van der Waals surface area contributed by atoms with Gasteiger partial charge in [0.2, 0.25) is 5.91 Å². The molecule has 8 heteroatoms. The van der Waals surface area contributed by atoms with Crippen molar-refractivity contribution in [1.29, 1.82) is 0 Å². The summed E-state index contributed by atoms with van der Waals surface area (Å²) in [6.07, 6.45) is -0.0000807. The molecule has 0 bridgehead atoms. The van der Waals surface area contributed by atoms with Crippen molar-refractivity contribution >= 4 is 11.7 Å². The average Bonchev–Trinajstić information content (AvgIpc) is 3.38. The first kappa shape index (κ1) is 17.7. The maximum atomic E-state index is 13.5. The number of piperidine rings is 1. The molecule has 0 spiro atoms. The van der Waals surface area contributed by atoms with Gasteiger partial charge >= 0.3 is 6.18 Å². The smallest absolute Gasteiger partial charge is 0.367 e. The minimum Gasteiger partial charge on any atom is -0.367 e. The van der Waals surface area contributed by atoms with Gasteiger partial charge in [-0.2, -0.15) is 18.3 Å². The Morgan fingerprint density at radius 3 is 2.77 bits per heavy atom. The number of fused-ring (bicyclic) bond motifs is 1. The molecule has 1 aromatic rings. The zero-order valence-electron chi connectivity index (χ0n) is 14.9. The minimum absolute atomic E-state index is 0.00504. The molecule has 1 amide bonds. The fourth-order valence-electron chi connectivity index (χ4n) is 4.14. The number of hydrogen-bond donors (Lipinski definition) is 1. The molecule has 1 N–H and O–H groups in total. The molecule has 0 radical (unpaired) electrons. The van der Waals surface area contributed by atoms with Crippen molar-refractivity contribution in [2.24, 2.45) is 5.92 Å². The summed E-state index contributed by atoms with van der Waals surface area (Å²) in [6, 6.07) is -0.0146. The maximum Gasteiger partial charge on any atom is 0.410 e. The van der Waals surface area contributed by atoms with Crippen molar-refractivity contribution in [3.63, 3.8) is 0 Å². The van der Waals surface area contributed by atoms with Gasteiger partial charge in [0.15, 0.2) is 6.04 Å². The molecule has 2 fully saturated rings. The van der Waals surface area contributed by atoms with E-state index in [2.05, 4.69) is 10.4 Å². The van der Waals surface area contributed by atoms with Crippen LogP contribution in [0.2, 0.25) is 0 Å². The molecule has 1 aliphatic carbocycles. The number of anilines is 1. The SMILES string of the molecule is CC[C@@H]1C[C@H](C(F)(F)F)n2nc(C3CCCN(C(=O)C4CC4)C3)cc2N1. The Hall–Kier alpha value is -1.73. The lowest BCUT2D eigenvalue weighted by Gasteiger charge is -2.33.